The van der Waals surface area contributed by atoms with Gasteiger partial charge >= 0.3 is 12.1 Å². The van der Waals surface area contributed by atoms with Crippen molar-refractivity contribution in [2.75, 3.05) is 37.7 Å². The average Bonchev–Trinajstić information content (AvgIpc) is 3.88. The van der Waals surface area contributed by atoms with E-state index in [0.29, 0.717) is 43.8 Å². The highest BCUT2D eigenvalue weighted by Gasteiger charge is 2.51. The number of aliphatic hydroxyl groups excluding tert-OH is 1. The van der Waals surface area contributed by atoms with Gasteiger partial charge in [0.15, 0.2) is 6.29 Å². The Labute approximate surface area is 341 Å². The number of halogens is 3. The molecule has 14 heteroatoms. The van der Waals surface area contributed by atoms with E-state index < -0.39 is 35.9 Å². The van der Waals surface area contributed by atoms with Gasteiger partial charge in [0.1, 0.15) is 11.6 Å². The third kappa shape index (κ3) is 8.58. The zero-order valence-corrected chi connectivity index (χ0v) is 32.6. The van der Waals surface area contributed by atoms with Crippen LogP contribution in [-0.2, 0) is 37.0 Å². The van der Waals surface area contributed by atoms with Gasteiger partial charge in [-0.2, -0.15) is 13.2 Å². The number of carbonyl (C=O) groups is 3. The minimum Gasteiger partial charge on any atom is -0.392 e. The van der Waals surface area contributed by atoms with Gasteiger partial charge in [-0.3, -0.25) is 14.4 Å². The zero-order chi connectivity index (χ0) is 41.1. The molecule has 3 N–H and O–H groups in total. The molecule has 0 aromatic heterocycles. The summed E-state index contributed by atoms with van der Waals surface area (Å²) in [4.78, 5) is 43.5. The lowest BCUT2D eigenvalue weighted by Crippen LogP contribution is -2.57. The van der Waals surface area contributed by atoms with Gasteiger partial charge in [0.25, 0.3) is 0 Å². The molecular formula is C45H48F3N5O6. The fourth-order valence-corrected chi connectivity index (χ4v) is 8.98. The summed E-state index contributed by atoms with van der Waals surface area (Å²) in [5.41, 5.74) is 5.51. The molecule has 4 aliphatic heterocycles. The van der Waals surface area contributed by atoms with Crippen molar-refractivity contribution >= 4 is 23.4 Å². The Bertz CT molecular complexity index is 2110. The molecular weight excluding hydrogens is 764 g/mol. The molecule has 8 rings (SSSR count). The molecule has 0 aliphatic carbocycles. The quantitative estimate of drug-likeness (QED) is 0.179. The van der Waals surface area contributed by atoms with Crippen LogP contribution in [0.1, 0.15) is 66.8 Å². The highest BCUT2D eigenvalue weighted by molar-refractivity contribution is 5.93. The summed E-state index contributed by atoms with van der Waals surface area (Å²) in [6, 6.07) is 31.9. The van der Waals surface area contributed by atoms with E-state index in [-0.39, 0.29) is 44.2 Å². The van der Waals surface area contributed by atoms with Gasteiger partial charge in [-0.1, -0.05) is 91.0 Å². The number of aliphatic hydroxyl groups is 1. The molecule has 4 atom stereocenters. The van der Waals surface area contributed by atoms with Crippen LogP contribution in [-0.4, -0.2) is 89.3 Å². The summed E-state index contributed by atoms with van der Waals surface area (Å²) >= 11 is 0. The molecule has 4 saturated heterocycles. The largest absolute Gasteiger partial charge is 0.471 e. The Balaban J connectivity index is 0.956. The number of nitrogens with one attached hydrogen (secondary N) is 2. The number of alkyl halides is 3. The second-order valence-electron chi connectivity index (χ2n) is 15.8. The van der Waals surface area contributed by atoms with Gasteiger partial charge < -0.3 is 39.9 Å². The molecule has 1 spiro atoms. The van der Waals surface area contributed by atoms with Crippen molar-refractivity contribution in [3.05, 3.63) is 125 Å². The molecule has 310 valence electrons. The molecule has 59 heavy (non-hydrogen) atoms. The van der Waals surface area contributed by atoms with Crippen LogP contribution in [0.4, 0.5) is 18.9 Å². The van der Waals surface area contributed by atoms with E-state index in [1.165, 1.54) is 0 Å². The van der Waals surface area contributed by atoms with Crippen LogP contribution in [0.15, 0.2) is 103 Å². The van der Waals surface area contributed by atoms with Crippen LogP contribution < -0.4 is 15.5 Å². The number of para-hydroxylation sites is 1. The molecule has 3 amide bonds. The van der Waals surface area contributed by atoms with Crippen LogP contribution in [0.5, 0.6) is 0 Å². The average molecular weight is 812 g/mol. The predicted octanol–water partition coefficient (Wildman–Crippen LogP) is 5.99. The maximum atomic E-state index is 13.3. The first-order chi connectivity index (χ1) is 28.5. The fourth-order valence-electron chi connectivity index (χ4n) is 8.98. The van der Waals surface area contributed by atoms with E-state index in [1.54, 1.807) is 0 Å². The summed E-state index contributed by atoms with van der Waals surface area (Å²) in [6.45, 7) is 2.52. The van der Waals surface area contributed by atoms with Gasteiger partial charge in [-0.15, -0.1) is 0 Å². The molecule has 0 bridgehead atoms. The van der Waals surface area contributed by atoms with Gasteiger partial charge in [-0.05, 0) is 65.6 Å². The Kier molecular flexibility index (Phi) is 11.8. The van der Waals surface area contributed by atoms with Crippen LogP contribution >= 0.6 is 0 Å². The minimum atomic E-state index is -5.04. The van der Waals surface area contributed by atoms with Crippen LogP contribution in [0.25, 0.3) is 11.1 Å². The van der Waals surface area contributed by atoms with Gasteiger partial charge in [0, 0.05) is 50.4 Å². The Morgan fingerprint density at radius 1 is 0.864 bits per heavy atom. The van der Waals surface area contributed by atoms with Gasteiger partial charge in [-0.25, -0.2) is 0 Å². The first kappa shape index (κ1) is 40.5. The van der Waals surface area contributed by atoms with Crippen molar-refractivity contribution in [2.24, 2.45) is 0 Å². The number of ether oxygens (including phenoxy) is 2. The molecule has 4 aromatic carbocycles. The van der Waals surface area contributed by atoms with Crippen molar-refractivity contribution in [1.29, 1.82) is 0 Å². The summed E-state index contributed by atoms with van der Waals surface area (Å²) in [7, 11) is 0. The number of hydrogen-bond acceptors (Lipinski definition) is 8. The maximum Gasteiger partial charge on any atom is 0.471 e. The lowest BCUT2D eigenvalue weighted by atomic mass is 9.85. The third-order valence-electron chi connectivity index (χ3n) is 12.2. The number of hydrogen-bond donors (Lipinski definition) is 3. The lowest BCUT2D eigenvalue weighted by molar-refractivity contribution is -0.253. The smallest absolute Gasteiger partial charge is 0.392 e. The van der Waals surface area contributed by atoms with Gasteiger partial charge in [0.2, 0.25) is 11.8 Å². The highest BCUT2D eigenvalue weighted by atomic mass is 19.4. The van der Waals surface area contributed by atoms with Gasteiger partial charge in [0.05, 0.1) is 25.5 Å². The number of likely N-dealkylation sites (tertiary alicyclic amines) is 2. The van der Waals surface area contributed by atoms with E-state index >= 15 is 0 Å². The Hall–Kier alpha value is -5.28. The molecule has 0 saturated carbocycles. The van der Waals surface area contributed by atoms with E-state index in [0.717, 1.165) is 52.2 Å². The number of piperidine rings is 1. The minimum absolute atomic E-state index is 0.0553. The highest BCUT2D eigenvalue weighted by Crippen LogP contribution is 2.41. The van der Waals surface area contributed by atoms with Crippen LogP contribution in [0.3, 0.4) is 0 Å². The third-order valence-corrected chi connectivity index (χ3v) is 12.2. The first-order valence-electron chi connectivity index (χ1n) is 20.2. The van der Waals surface area contributed by atoms with Crippen molar-refractivity contribution in [3.8, 4) is 11.1 Å². The Morgan fingerprint density at radius 2 is 1.56 bits per heavy atom. The summed E-state index contributed by atoms with van der Waals surface area (Å²) in [6.07, 6.45) is -3.69. The van der Waals surface area contributed by atoms with E-state index in [9.17, 15) is 32.7 Å². The maximum absolute atomic E-state index is 13.3. The zero-order valence-electron chi connectivity index (χ0n) is 32.6. The van der Waals surface area contributed by atoms with Crippen LogP contribution in [0.2, 0.25) is 0 Å². The van der Waals surface area contributed by atoms with Crippen molar-refractivity contribution < 1.29 is 42.1 Å². The van der Waals surface area contributed by atoms with Crippen molar-refractivity contribution in [3.63, 3.8) is 0 Å². The second-order valence-corrected chi connectivity index (χ2v) is 15.8. The van der Waals surface area contributed by atoms with E-state index in [1.807, 2.05) is 103 Å². The predicted molar refractivity (Wildman–Crippen MR) is 213 cm³/mol. The standard InChI is InChI=1S/C45H48F3N5O6/c46-45(47,48)43(57)52-22-6-11-38(52)40(55)49-26-34-7-4-5-10-37(34)31-16-18-33(19-17-31)41-58-36(25-39(59-41)32-14-12-30(28-54)13-15-32)27-51-23-20-44(21-24-51)42(56)50-29-53(44)35-8-2-1-3-9-35/h1-5,7-10,12-19,36,38-39,41,54H,6,11,20-29H2,(H,49,55)(H,50,56). The van der Waals surface area contributed by atoms with E-state index in [2.05, 4.69) is 20.4 Å². The number of carbonyl (C=O) groups excluding carboxylic acids is 3. The fraction of sp³-hybridized carbons (Fsp3) is 0.400. The van der Waals surface area contributed by atoms with Crippen LogP contribution in [0, 0.1) is 0 Å². The molecule has 11 nitrogen and oxygen atoms in total. The summed E-state index contributed by atoms with van der Waals surface area (Å²) in [5.74, 6) is -2.54. The lowest BCUT2D eigenvalue weighted by Gasteiger charge is -2.45. The molecule has 4 aromatic rings. The number of amides is 3. The number of anilines is 1. The van der Waals surface area contributed by atoms with Crippen molar-refractivity contribution in [2.45, 2.75) is 81.5 Å². The normalized spacial score (nSPS) is 23.4. The monoisotopic (exact) mass is 811 g/mol. The first-order valence-corrected chi connectivity index (χ1v) is 20.2. The summed E-state index contributed by atoms with van der Waals surface area (Å²) < 4.78 is 52.8. The second kappa shape index (κ2) is 17.1. The summed E-state index contributed by atoms with van der Waals surface area (Å²) in [5, 5.41) is 15.5. The molecule has 4 heterocycles. The number of nitrogens with zero attached hydrogens (tertiary/aromatic N) is 3. The number of rotatable bonds is 10. The van der Waals surface area contributed by atoms with E-state index in [4.69, 9.17) is 9.47 Å². The molecule has 4 fully saturated rings. The van der Waals surface area contributed by atoms with Crippen molar-refractivity contribution in [1.82, 2.24) is 20.4 Å². The molecule has 0 radical (unpaired) electrons. The number of benzene rings is 4. The topological polar surface area (TPSA) is 124 Å². The molecule has 4 aliphatic rings. The SMILES string of the molecule is O=C(NCc1ccccc1-c1ccc(C2OC(CN3CCC4(CC3)C(=O)NCN4c3ccccc3)CC(c3ccc(CO)cc3)O2)cc1)C1CCCN1C(=O)C(F)(F)F. The molecule has 4 unspecified atom stereocenters. The Morgan fingerprint density at radius 3 is 2.27 bits per heavy atom.